The molecule has 2 aromatic heterocycles. The molecule has 1 amide bonds. The molecule has 0 aliphatic rings. The van der Waals surface area contributed by atoms with Gasteiger partial charge in [0, 0.05) is 36.7 Å². The highest BCUT2D eigenvalue weighted by atomic mass is 19.1. The van der Waals surface area contributed by atoms with Crippen molar-refractivity contribution in [2.75, 3.05) is 5.32 Å². The van der Waals surface area contributed by atoms with E-state index < -0.39 is 0 Å². The van der Waals surface area contributed by atoms with Crippen molar-refractivity contribution < 1.29 is 9.18 Å². The first-order valence-electron chi connectivity index (χ1n) is 8.12. The van der Waals surface area contributed by atoms with E-state index >= 15 is 0 Å². The second kappa shape index (κ2) is 8.15. The Morgan fingerprint density at radius 1 is 1.12 bits per heavy atom. The van der Waals surface area contributed by atoms with Crippen LogP contribution < -0.4 is 10.6 Å². The Kier molecular flexibility index (Phi) is 5.48. The van der Waals surface area contributed by atoms with Gasteiger partial charge in [-0.25, -0.2) is 14.4 Å². The number of aryl methyl sites for hydroxylation is 1. The monoisotopic (exact) mass is 351 g/mol. The summed E-state index contributed by atoms with van der Waals surface area (Å²) in [5.41, 5.74) is 2.28. The third-order valence-electron chi connectivity index (χ3n) is 3.66. The minimum atomic E-state index is -0.312. The second-order valence-corrected chi connectivity index (χ2v) is 5.71. The fraction of sp³-hybridized carbons (Fsp3) is 0.158. The van der Waals surface area contributed by atoms with Crippen LogP contribution in [0.4, 0.5) is 10.3 Å². The lowest BCUT2D eigenvalue weighted by Crippen LogP contribution is -2.24. The normalized spacial score (nSPS) is 10.4. The van der Waals surface area contributed by atoms with E-state index in [1.54, 1.807) is 49.6 Å². The summed E-state index contributed by atoms with van der Waals surface area (Å²) in [6, 6.07) is 11.8. The van der Waals surface area contributed by atoms with E-state index in [1.165, 1.54) is 6.07 Å². The summed E-state index contributed by atoms with van der Waals surface area (Å²) in [6.45, 7) is 2.36. The fourth-order valence-electron chi connectivity index (χ4n) is 2.36. The van der Waals surface area contributed by atoms with E-state index in [0.717, 1.165) is 5.56 Å². The summed E-state index contributed by atoms with van der Waals surface area (Å²) in [7, 11) is 0. The van der Waals surface area contributed by atoms with Crippen LogP contribution in [0.3, 0.4) is 0 Å². The molecule has 0 aliphatic carbocycles. The van der Waals surface area contributed by atoms with Crippen molar-refractivity contribution in [1.82, 2.24) is 20.3 Å². The SMILES string of the molecule is Cc1cc(C(=O)NCc2cccnc2)nc(NCc2ccccc2F)n1. The molecule has 7 heteroatoms. The summed E-state index contributed by atoms with van der Waals surface area (Å²) in [5.74, 6) is -0.338. The first-order chi connectivity index (χ1) is 12.6. The van der Waals surface area contributed by atoms with Crippen LogP contribution in [0, 0.1) is 12.7 Å². The largest absolute Gasteiger partial charge is 0.350 e. The van der Waals surface area contributed by atoms with Gasteiger partial charge < -0.3 is 10.6 Å². The Morgan fingerprint density at radius 2 is 1.96 bits per heavy atom. The summed E-state index contributed by atoms with van der Waals surface area (Å²) in [4.78, 5) is 24.8. The van der Waals surface area contributed by atoms with Crippen LogP contribution >= 0.6 is 0 Å². The maximum absolute atomic E-state index is 13.7. The van der Waals surface area contributed by atoms with Crippen LogP contribution in [0.1, 0.15) is 27.3 Å². The molecule has 0 saturated heterocycles. The molecule has 6 nitrogen and oxygen atoms in total. The van der Waals surface area contributed by atoms with Crippen LogP contribution in [0.15, 0.2) is 54.9 Å². The van der Waals surface area contributed by atoms with Crippen molar-refractivity contribution in [3.8, 4) is 0 Å². The zero-order valence-electron chi connectivity index (χ0n) is 14.2. The van der Waals surface area contributed by atoms with Gasteiger partial charge in [0.2, 0.25) is 5.95 Å². The Hall–Kier alpha value is -3.35. The summed E-state index contributed by atoms with van der Waals surface area (Å²) >= 11 is 0. The lowest BCUT2D eigenvalue weighted by molar-refractivity contribution is 0.0945. The lowest BCUT2D eigenvalue weighted by Gasteiger charge is -2.09. The summed E-state index contributed by atoms with van der Waals surface area (Å²) < 4.78 is 13.7. The zero-order chi connectivity index (χ0) is 18.4. The molecule has 132 valence electrons. The van der Waals surface area contributed by atoms with Gasteiger partial charge in [-0.05, 0) is 30.7 Å². The molecule has 0 spiro atoms. The average molecular weight is 351 g/mol. The first-order valence-corrected chi connectivity index (χ1v) is 8.12. The maximum Gasteiger partial charge on any atom is 0.270 e. The number of halogens is 1. The molecule has 2 heterocycles. The van der Waals surface area contributed by atoms with Crippen LogP contribution in [-0.4, -0.2) is 20.9 Å². The molecule has 2 N–H and O–H groups in total. The number of nitrogens with one attached hydrogen (secondary N) is 2. The third kappa shape index (κ3) is 4.60. The molecule has 0 unspecified atom stereocenters. The van der Waals surface area contributed by atoms with Gasteiger partial charge in [0.25, 0.3) is 5.91 Å². The molecule has 0 saturated carbocycles. The van der Waals surface area contributed by atoms with Crippen molar-refractivity contribution in [1.29, 1.82) is 0 Å². The first kappa shape index (κ1) is 17.5. The molecule has 3 rings (SSSR count). The van der Waals surface area contributed by atoms with Gasteiger partial charge in [0.1, 0.15) is 11.5 Å². The van der Waals surface area contributed by atoms with E-state index in [4.69, 9.17) is 0 Å². The van der Waals surface area contributed by atoms with Gasteiger partial charge in [-0.1, -0.05) is 24.3 Å². The standard InChI is InChI=1S/C19H18FN5O/c1-13-9-17(18(26)22-11-14-5-4-8-21-10-14)25-19(24-13)23-12-15-6-2-3-7-16(15)20/h2-10H,11-12H2,1H3,(H,22,26)(H,23,24,25). The van der Waals surface area contributed by atoms with Gasteiger partial charge in [-0.15, -0.1) is 0 Å². The highest BCUT2D eigenvalue weighted by molar-refractivity contribution is 5.92. The van der Waals surface area contributed by atoms with E-state index in [9.17, 15) is 9.18 Å². The van der Waals surface area contributed by atoms with Crippen LogP contribution in [0.25, 0.3) is 0 Å². The predicted molar refractivity (Wildman–Crippen MR) is 95.9 cm³/mol. The lowest BCUT2D eigenvalue weighted by atomic mass is 10.2. The number of rotatable bonds is 6. The average Bonchev–Trinajstić information content (AvgIpc) is 2.66. The van der Waals surface area contributed by atoms with Gasteiger partial charge in [-0.2, -0.15) is 0 Å². The minimum absolute atomic E-state index is 0.229. The van der Waals surface area contributed by atoms with E-state index in [1.807, 2.05) is 6.07 Å². The van der Waals surface area contributed by atoms with Crippen molar-refractivity contribution >= 4 is 11.9 Å². The molecule has 0 radical (unpaired) electrons. The zero-order valence-corrected chi connectivity index (χ0v) is 14.2. The molecule has 0 atom stereocenters. The highest BCUT2D eigenvalue weighted by Crippen LogP contribution is 2.10. The number of hydrogen-bond donors (Lipinski definition) is 2. The molecule has 1 aromatic carbocycles. The number of anilines is 1. The molecular formula is C19H18FN5O. The smallest absolute Gasteiger partial charge is 0.270 e. The van der Waals surface area contributed by atoms with Crippen molar-refractivity contribution in [3.05, 3.63) is 83.2 Å². The Balaban J connectivity index is 1.67. The van der Waals surface area contributed by atoms with Crippen molar-refractivity contribution in [3.63, 3.8) is 0 Å². The molecule has 0 bridgehead atoms. The topological polar surface area (TPSA) is 79.8 Å². The fourth-order valence-corrected chi connectivity index (χ4v) is 2.36. The number of pyridine rings is 1. The number of amides is 1. The Labute approximate surface area is 150 Å². The molecule has 3 aromatic rings. The predicted octanol–water partition coefficient (Wildman–Crippen LogP) is 2.86. The number of aromatic nitrogens is 3. The molecular weight excluding hydrogens is 333 g/mol. The summed E-state index contributed by atoms with van der Waals surface area (Å²) in [6.07, 6.45) is 3.36. The Bertz CT molecular complexity index is 901. The minimum Gasteiger partial charge on any atom is -0.350 e. The molecule has 26 heavy (non-hydrogen) atoms. The second-order valence-electron chi connectivity index (χ2n) is 5.71. The van der Waals surface area contributed by atoms with Crippen LogP contribution in [0.5, 0.6) is 0 Å². The number of carbonyl (C=O) groups is 1. The van der Waals surface area contributed by atoms with Gasteiger partial charge in [0.05, 0.1) is 0 Å². The number of benzene rings is 1. The highest BCUT2D eigenvalue weighted by Gasteiger charge is 2.11. The van der Waals surface area contributed by atoms with E-state index in [-0.39, 0.29) is 29.9 Å². The van der Waals surface area contributed by atoms with Crippen molar-refractivity contribution in [2.45, 2.75) is 20.0 Å². The van der Waals surface area contributed by atoms with Crippen LogP contribution in [0.2, 0.25) is 0 Å². The van der Waals surface area contributed by atoms with E-state index in [0.29, 0.717) is 17.8 Å². The molecule has 0 fully saturated rings. The quantitative estimate of drug-likeness (QED) is 0.714. The van der Waals surface area contributed by atoms with Crippen molar-refractivity contribution in [2.24, 2.45) is 0 Å². The summed E-state index contributed by atoms with van der Waals surface area (Å²) in [5, 5.41) is 5.76. The van der Waals surface area contributed by atoms with Gasteiger partial charge >= 0.3 is 0 Å². The maximum atomic E-state index is 13.7. The van der Waals surface area contributed by atoms with Crippen LogP contribution in [-0.2, 0) is 13.1 Å². The number of nitrogens with zero attached hydrogens (tertiary/aromatic N) is 3. The Morgan fingerprint density at radius 3 is 2.73 bits per heavy atom. The van der Waals surface area contributed by atoms with E-state index in [2.05, 4.69) is 25.6 Å². The van der Waals surface area contributed by atoms with Gasteiger partial charge in [0.15, 0.2) is 0 Å². The molecule has 0 aliphatic heterocycles. The van der Waals surface area contributed by atoms with Gasteiger partial charge in [-0.3, -0.25) is 9.78 Å². The third-order valence-corrected chi connectivity index (χ3v) is 3.66. The number of hydrogen-bond acceptors (Lipinski definition) is 5. The number of carbonyl (C=O) groups excluding carboxylic acids is 1.